The number of thiophene rings is 1. The third-order valence-corrected chi connectivity index (χ3v) is 4.26. The van der Waals surface area contributed by atoms with Gasteiger partial charge in [-0.3, -0.25) is 4.39 Å². The van der Waals surface area contributed by atoms with Gasteiger partial charge in [-0.2, -0.15) is 0 Å². The molecule has 17 heavy (non-hydrogen) atoms. The van der Waals surface area contributed by atoms with E-state index in [-0.39, 0.29) is 12.6 Å². The number of anilines is 1. The molecule has 0 aromatic carbocycles. The summed E-state index contributed by atoms with van der Waals surface area (Å²) in [6.45, 7) is 1.61. The number of fused-ring (bicyclic) bond motifs is 1. The highest BCUT2D eigenvalue weighted by Crippen LogP contribution is 2.30. The Hall–Kier alpha value is -1.23. The van der Waals surface area contributed by atoms with Crippen molar-refractivity contribution >= 4 is 27.4 Å². The Kier molecular flexibility index (Phi) is 2.93. The smallest absolute Gasteiger partial charge is 0.150 e. The van der Waals surface area contributed by atoms with E-state index in [1.54, 1.807) is 17.7 Å². The Morgan fingerprint density at radius 1 is 1.35 bits per heavy atom. The van der Waals surface area contributed by atoms with E-state index in [1.807, 2.05) is 11.4 Å². The van der Waals surface area contributed by atoms with Crippen molar-refractivity contribution in [2.45, 2.75) is 12.8 Å². The van der Waals surface area contributed by atoms with Crippen molar-refractivity contribution < 1.29 is 4.39 Å². The minimum absolute atomic E-state index is 0.188. The Balaban J connectivity index is 1.87. The van der Waals surface area contributed by atoms with E-state index in [1.165, 1.54) is 0 Å². The second-order valence-electron chi connectivity index (χ2n) is 4.42. The van der Waals surface area contributed by atoms with Crippen LogP contribution in [0.5, 0.6) is 0 Å². The first-order chi connectivity index (χ1) is 8.38. The maximum Gasteiger partial charge on any atom is 0.150 e. The van der Waals surface area contributed by atoms with Gasteiger partial charge in [0.2, 0.25) is 0 Å². The van der Waals surface area contributed by atoms with Crippen molar-refractivity contribution in [3.8, 4) is 0 Å². The number of aromatic nitrogens is 2. The van der Waals surface area contributed by atoms with Gasteiger partial charge in [-0.1, -0.05) is 0 Å². The predicted molar refractivity (Wildman–Crippen MR) is 68.3 cm³/mol. The van der Waals surface area contributed by atoms with Gasteiger partial charge in [0.15, 0.2) is 0 Å². The molecule has 0 unspecified atom stereocenters. The molecule has 0 atom stereocenters. The summed E-state index contributed by atoms with van der Waals surface area (Å²) in [5, 5.41) is 2.04. The minimum Gasteiger partial charge on any atom is -0.355 e. The molecular weight excluding hydrogens is 237 g/mol. The molecule has 3 rings (SSSR count). The molecule has 3 nitrogen and oxygen atoms in total. The highest BCUT2D eigenvalue weighted by atomic mass is 32.1. The molecule has 0 amide bonds. The third kappa shape index (κ3) is 1.99. The first-order valence-electron chi connectivity index (χ1n) is 5.87. The normalized spacial score (nSPS) is 17.8. The lowest BCUT2D eigenvalue weighted by Gasteiger charge is -2.31. The number of hydrogen-bond acceptors (Lipinski definition) is 4. The molecule has 3 heterocycles. The first kappa shape index (κ1) is 10.9. The van der Waals surface area contributed by atoms with Crippen molar-refractivity contribution in [3.63, 3.8) is 0 Å². The fourth-order valence-electron chi connectivity index (χ4n) is 2.30. The largest absolute Gasteiger partial charge is 0.355 e. The molecule has 0 spiro atoms. The van der Waals surface area contributed by atoms with Crippen LogP contribution in [0.15, 0.2) is 17.8 Å². The van der Waals surface area contributed by atoms with Gasteiger partial charge in [0.1, 0.15) is 12.1 Å². The molecule has 2 aromatic heterocycles. The number of nitrogens with zero attached hydrogens (tertiary/aromatic N) is 3. The van der Waals surface area contributed by atoms with Crippen LogP contribution in [-0.4, -0.2) is 29.7 Å². The van der Waals surface area contributed by atoms with E-state index in [0.717, 1.165) is 42.0 Å². The number of alkyl halides is 1. The van der Waals surface area contributed by atoms with Crippen LogP contribution < -0.4 is 4.90 Å². The zero-order chi connectivity index (χ0) is 11.7. The van der Waals surface area contributed by atoms with Crippen LogP contribution in [0.4, 0.5) is 10.2 Å². The van der Waals surface area contributed by atoms with Gasteiger partial charge in [0.25, 0.3) is 0 Å². The maximum absolute atomic E-state index is 12.6. The zero-order valence-corrected chi connectivity index (χ0v) is 10.3. The molecule has 0 radical (unpaired) electrons. The number of hydrogen-bond donors (Lipinski definition) is 0. The van der Waals surface area contributed by atoms with Crippen molar-refractivity contribution in [3.05, 3.63) is 17.8 Å². The fraction of sp³-hybridized carbons (Fsp3) is 0.500. The Bertz CT molecular complexity index is 505. The number of piperidine rings is 1. The summed E-state index contributed by atoms with van der Waals surface area (Å²) >= 11 is 1.67. The summed E-state index contributed by atoms with van der Waals surface area (Å²) in [6, 6.07) is 2.01. The van der Waals surface area contributed by atoms with Gasteiger partial charge in [-0.25, -0.2) is 9.97 Å². The van der Waals surface area contributed by atoms with E-state index in [0.29, 0.717) is 0 Å². The van der Waals surface area contributed by atoms with Gasteiger partial charge >= 0.3 is 0 Å². The maximum atomic E-state index is 12.6. The monoisotopic (exact) mass is 251 g/mol. The van der Waals surface area contributed by atoms with E-state index in [2.05, 4.69) is 14.9 Å². The minimum atomic E-state index is -0.188. The van der Waals surface area contributed by atoms with Gasteiger partial charge in [0.05, 0.1) is 16.9 Å². The van der Waals surface area contributed by atoms with Crippen molar-refractivity contribution in [1.82, 2.24) is 9.97 Å². The Morgan fingerprint density at radius 3 is 2.94 bits per heavy atom. The van der Waals surface area contributed by atoms with E-state index in [9.17, 15) is 4.39 Å². The second kappa shape index (κ2) is 4.56. The molecule has 0 bridgehead atoms. The van der Waals surface area contributed by atoms with Gasteiger partial charge in [-0.15, -0.1) is 11.3 Å². The van der Waals surface area contributed by atoms with Crippen molar-refractivity contribution in [1.29, 1.82) is 0 Å². The lowest BCUT2D eigenvalue weighted by atomic mass is 9.98. The van der Waals surface area contributed by atoms with Gasteiger partial charge in [-0.05, 0) is 30.2 Å². The Morgan fingerprint density at radius 2 is 2.18 bits per heavy atom. The van der Waals surface area contributed by atoms with E-state index >= 15 is 0 Å². The number of halogens is 1. The van der Waals surface area contributed by atoms with Gasteiger partial charge in [0, 0.05) is 13.1 Å². The zero-order valence-electron chi connectivity index (χ0n) is 9.47. The molecule has 1 aliphatic rings. The molecule has 1 fully saturated rings. The fourth-order valence-corrected chi connectivity index (χ4v) is 3.16. The SMILES string of the molecule is FCC1CCN(c2ncnc3ccsc23)CC1. The van der Waals surface area contributed by atoms with Crippen LogP contribution >= 0.6 is 11.3 Å². The third-order valence-electron chi connectivity index (χ3n) is 3.36. The predicted octanol–water partition coefficient (Wildman–Crippen LogP) is 2.88. The summed E-state index contributed by atoms with van der Waals surface area (Å²) in [5.41, 5.74) is 1.01. The topological polar surface area (TPSA) is 29.0 Å². The summed E-state index contributed by atoms with van der Waals surface area (Å²) in [5.74, 6) is 1.26. The van der Waals surface area contributed by atoms with E-state index < -0.39 is 0 Å². The standard InChI is InChI=1S/C12H14FN3S/c13-7-9-1-4-16(5-2-9)12-11-10(3-6-17-11)14-8-15-12/h3,6,8-9H,1-2,4-5,7H2. The molecular formula is C12H14FN3S. The summed E-state index contributed by atoms with van der Waals surface area (Å²) in [4.78, 5) is 10.9. The lowest BCUT2D eigenvalue weighted by Crippen LogP contribution is -2.34. The quantitative estimate of drug-likeness (QED) is 0.821. The highest BCUT2D eigenvalue weighted by Gasteiger charge is 2.21. The van der Waals surface area contributed by atoms with Gasteiger partial charge < -0.3 is 4.90 Å². The summed E-state index contributed by atoms with van der Waals surface area (Å²) in [7, 11) is 0. The lowest BCUT2D eigenvalue weighted by molar-refractivity contribution is 0.307. The van der Waals surface area contributed by atoms with Crippen molar-refractivity contribution in [2.75, 3.05) is 24.7 Å². The van der Waals surface area contributed by atoms with Crippen LogP contribution in [0, 0.1) is 5.92 Å². The molecule has 5 heteroatoms. The average Bonchev–Trinajstić information content (AvgIpc) is 2.87. The molecule has 90 valence electrons. The van der Waals surface area contributed by atoms with Crippen molar-refractivity contribution in [2.24, 2.45) is 5.92 Å². The van der Waals surface area contributed by atoms with Crippen LogP contribution in [0.3, 0.4) is 0 Å². The average molecular weight is 251 g/mol. The molecule has 2 aromatic rings. The Labute approximate surface area is 103 Å². The number of rotatable bonds is 2. The first-order valence-corrected chi connectivity index (χ1v) is 6.75. The molecule has 0 saturated carbocycles. The van der Waals surface area contributed by atoms with Crippen LogP contribution in [0.2, 0.25) is 0 Å². The van der Waals surface area contributed by atoms with E-state index in [4.69, 9.17) is 0 Å². The molecule has 1 aliphatic heterocycles. The summed E-state index contributed by atoms with van der Waals surface area (Å²) < 4.78 is 13.7. The van der Waals surface area contributed by atoms with Crippen LogP contribution in [0.25, 0.3) is 10.2 Å². The molecule has 1 saturated heterocycles. The molecule has 0 N–H and O–H groups in total. The van der Waals surface area contributed by atoms with Crippen LogP contribution in [0.1, 0.15) is 12.8 Å². The summed E-state index contributed by atoms with van der Waals surface area (Å²) in [6.07, 6.45) is 3.46. The highest BCUT2D eigenvalue weighted by molar-refractivity contribution is 7.17. The molecule has 0 aliphatic carbocycles. The van der Waals surface area contributed by atoms with Crippen LogP contribution in [-0.2, 0) is 0 Å². The second-order valence-corrected chi connectivity index (χ2v) is 5.33.